The number of nitrogens with zero attached hydrogens (tertiary/aromatic N) is 1. The van der Waals surface area contributed by atoms with Crippen LogP contribution < -0.4 is 0 Å². The quantitative estimate of drug-likeness (QED) is 0.775. The number of morpholine rings is 1. The number of carbonyl (C=O) groups is 2. The van der Waals surface area contributed by atoms with E-state index in [1.807, 2.05) is 43.9 Å². The molecule has 0 spiro atoms. The first kappa shape index (κ1) is 19.9. The zero-order chi connectivity index (χ0) is 20.6. The molecule has 5 heteroatoms. The maximum atomic E-state index is 13.1. The Kier molecular flexibility index (Phi) is 5.34. The van der Waals surface area contributed by atoms with Gasteiger partial charge >= 0.3 is 6.09 Å². The van der Waals surface area contributed by atoms with Gasteiger partial charge in [-0.25, -0.2) is 4.79 Å². The van der Waals surface area contributed by atoms with Gasteiger partial charge < -0.3 is 9.47 Å². The van der Waals surface area contributed by atoms with Crippen molar-refractivity contribution in [3.63, 3.8) is 0 Å². The largest absolute Gasteiger partial charge is 0.444 e. The highest BCUT2D eigenvalue weighted by Crippen LogP contribution is 2.34. The van der Waals surface area contributed by atoms with Crippen LogP contribution in [0.2, 0.25) is 0 Å². The molecule has 0 radical (unpaired) electrons. The van der Waals surface area contributed by atoms with E-state index >= 15 is 0 Å². The van der Waals surface area contributed by atoms with Gasteiger partial charge in [0.15, 0.2) is 0 Å². The van der Waals surface area contributed by atoms with E-state index in [9.17, 15) is 9.59 Å². The fourth-order valence-electron chi connectivity index (χ4n) is 4.49. The zero-order valence-electron chi connectivity index (χ0n) is 17.4. The van der Waals surface area contributed by atoms with Gasteiger partial charge in [-0.2, -0.15) is 0 Å². The molecule has 29 heavy (non-hydrogen) atoms. The maximum Gasteiger partial charge on any atom is 0.410 e. The number of amides is 1. The Morgan fingerprint density at radius 1 is 1.03 bits per heavy atom. The molecule has 0 saturated carbocycles. The number of hydrogen-bond acceptors (Lipinski definition) is 4. The van der Waals surface area contributed by atoms with Crippen molar-refractivity contribution >= 4 is 22.6 Å². The number of fused-ring (bicyclic) bond motifs is 3. The highest BCUT2D eigenvalue weighted by atomic mass is 16.6. The average Bonchev–Trinajstić information content (AvgIpc) is 2.65. The number of Topliss-reactive ketones (excluding diaryl/α,β-unsaturated/α-hetero) is 1. The molecule has 4 rings (SSSR count). The van der Waals surface area contributed by atoms with Crippen LogP contribution in [0, 0.1) is 5.92 Å². The Morgan fingerprint density at radius 2 is 1.69 bits per heavy atom. The molecule has 0 N–H and O–H groups in total. The molecule has 154 valence electrons. The Balaban J connectivity index is 1.45. The van der Waals surface area contributed by atoms with Gasteiger partial charge in [0.25, 0.3) is 0 Å². The molecule has 2 atom stereocenters. The summed E-state index contributed by atoms with van der Waals surface area (Å²) in [5, 5.41) is 2.34. The molecule has 2 heterocycles. The minimum Gasteiger partial charge on any atom is -0.444 e. The second-order valence-electron chi connectivity index (χ2n) is 9.23. The highest BCUT2D eigenvalue weighted by Gasteiger charge is 2.44. The van der Waals surface area contributed by atoms with Gasteiger partial charge in [-0.3, -0.25) is 9.69 Å². The van der Waals surface area contributed by atoms with Crippen LogP contribution in [0.1, 0.15) is 39.2 Å². The molecule has 0 aromatic heterocycles. The van der Waals surface area contributed by atoms with E-state index in [-0.39, 0.29) is 29.9 Å². The fourth-order valence-corrected chi connectivity index (χ4v) is 4.49. The van der Waals surface area contributed by atoms with Gasteiger partial charge in [-0.05, 0) is 49.9 Å². The van der Waals surface area contributed by atoms with E-state index < -0.39 is 5.60 Å². The molecule has 2 aromatic carbocycles. The summed E-state index contributed by atoms with van der Waals surface area (Å²) < 4.78 is 11.3. The molecular weight excluding hydrogens is 366 g/mol. The molecule has 2 fully saturated rings. The van der Waals surface area contributed by atoms with Crippen LogP contribution >= 0.6 is 0 Å². The van der Waals surface area contributed by atoms with Crippen LogP contribution in [0.25, 0.3) is 10.8 Å². The first-order chi connectivity index (χ1) is 13.8. The standard InChI is InChI=1S/C24H29NO4/c1-24(2,3)29-23(27)25-20-12-19(13-21(25)15-28-14-20)22(26)11-16-8-9-17-6-4-5-7-18(17)10-16/h4-10,19-21H,11-15H2,1-3H3. The van der Waals surface area contributed by atoms with E-state index in [1.54, 1.807) is 0 Å². The van der Waals surface area contributed by atoms with Gasteiger partial charge in [-0.1, -0.05) is 42.5 Å². The molecule has 2 bridgehead atoms. The van der Waals surface area contributed by atoms with Crippen molar-refractivity contribution in [2.45, 2.75) is 57.7 Å². The van der Waals surface area contributed by atoms with Crippen molar-refractivity contribution in [2.75, 3.05) is 13.2 Å². The van der Waals surface area contributed by atoms with Crippen molar-refractivity contribution in [1.82, 2.24) is 4.90 Å². The summed E-state index contributed by atoms with van der Waals surface area (Å²) in [6.07, 6.45) is 1.42. The Labute approximate surface area is 172 Å². The number of ether oxygens (including phenoxy) is 2. The van der Waals surface area contributed by atoms with Crippen molar-refractivity contribution in [3.8, 4) is 0 Å². The predicted octanol–water partition coefficient (Wildman–Crippen LogP) is 4.37. The van der Waals surface area contributed by atoms with Crippen molar-refractivity contribution in [1.29, 1.82) is 0 Å². The molecular formula is C24H29NO4. The summed E-state index contributed by atoms with van der Waals surface area (Å²) in [5.74, 6) is 0.208. The summed E-state index contributed by atoms with van der Waals surface area (Å²) in [6, 6.07) is 14.2. The van der Waals surface area contributed by atoms with E-state index in [4.69, 9.17) is 9.47 Å². The topological polar surface area (TPSA) is 55.8 Å². The number of hydrogen-bond donors (Lipinski definition) is 0. The molecule has 2 saturated heterocycles. The first-order valence-corrected chi connectivity index (χ1v) is 10.4. The van der Waals surface area contributed by atoms with Gasteiger partial charge in [-0.15, -0.1) is 0 Å². The molecule has 2 aliphatic heterocycles. The van der Waals surface area contributed by atoms with Crippen LogP contribution in [-0.2, 0) is 20.7 Å². The second kappa shape index (κ2) is 7.79. The fraction of sp³-hybridized carbons (Fsp3) is 0.500. The lowest BCUT2D eigenvalue weighted by atomic mass is 9.81. The van der Waals surface area contributed by atoms with Crippen LogP contribution in [0.3, 0.4) is 0 Å². The smallest absolute Gasteiger partial charge is 0.410 e. The first-order valence-electron chi connectivity index (χ1n) is 10.4. The summed E-state index contributed by atoms with van der Waals surface area (Å²) in [5.41, 5.74) is 0.513. The minimum atomic E-state index is -0.533. The second-order valence-corrected chi connectivity index (χ2v) is 9.23. The van der Waals surface area contributed by atoms with Crippen LogP contribution in [0.5, 0.6) is 0 Å². The van der Waals surface area contributed by atoms with E-state index in [1.165, 1.54) is 5.39 Å². The van der Waals surface area contributed by atoms with Crippen molar-refractivity contribution in [2.24, 2.45) is 5.92 Å². The number of piperidine rings is 1. The monoisotopic (exact) mass is 395 g/mol. The predicted molar refractivity (Wildman–Crippen MR) is 112 cm³/mol. The van der Waals surface area contributed by atoms with E-state index in [0.29, 0.717) is 32.5 Å². The summed E-state index contributed by atoms with van der Waals surface area (Å²) in [7, 11) is 0. The van der Waals surface area contributed by atoms with Gasteiger partial charge in [0.05, 0.1) is 25.3 Å². The lowest BCUT2D eigenvalue weighted by molar-refractivity contribution is -0.131. The molecule has 5 nitrogen and oxygen atoms in total. The van der Waals surface area contributed by atoms with Crippen molar-refractivity contribution < 1.29 is 19.1 Å². The van der Waals surface area contributed by atoms with Gasteiger partial charge in [0.1, 0.15) is 11.4 Å². The molecule has 2 aromatic rings. The van der Waals surface area contributed by atoms with Crippen LogP contribution in [0.4, 0.5) is 4.79 Å². The number of carbonyl (C=O) groups excluding carboxylic acids is 2. The Morgan fingerprint density at radius 3 is 2.34 bits per heavy atom. The molecule has 0 aliphatic carbocycles. The zero-order valence-corrected chi connectivity index (χ0v) is 17.4. The Bertz CT molecular complexity index is 902. The summed E-state index contributed by atoms with van der Waals surface area (Å²) in [6.45, 7) is 6.55. The normalized spacial score (nSPS) is 24.4. The summed E-state index contributed by atoms with van der Waals surface area (Å²) >= 11 is 0. The van der Waals surface area contributed by atoms with Gasteiger partial charge in [0.2, 0.25) is 0 Å². The van der Waals surface area contributed by atoms with Crippen LogP contribution in [-0.4, -0.2) is 47.7 Å². The summed E-state index contributed by atoms with van der Waals surface area (Å²) in [4.78, 5) is 27.6. The number of ketones is 1. The van der Waals surface area contributed by atoms with Crippen molar-refractivity contribution in [3.05, 3.63) is 48.0 Å². The average molecular weight is 395 g/mol. The third kappa shape index (κ3) is 4.45. The van der Waals surface area contributed by atoms with Crippen LogP contribution in [0.15, 0.2) is 42.5 Å². The minimum absolute atomic E-state index is 0.0425. The Hall–Kier alpha value is -2.40. The highest BCUT2D eigenvalue weighted by molar-refractivity contribution is 5.87. The molecule has 2 unspecified atom stereocenters. The number of benzene rings is 2. The number of rotatable bonds is 3. The lowest BCUT2D eigenvalue weighted by Crippen LogP contribution is -2.60. The maximum absolute atomic E-state index is 13.1. The molecule has 1 amide bonds. The van der Waals surface area contributed by atoms with E-state index in [0.717, 1.165) is 10.9 Å². The third-order valence-electron chi connectivity index (χ3n) is 5.77. The SMILES string of the molecule is CC(C)(C)OC(=O)N1C2COCC1CC(C(=O)Cc1ccc3ccccc3c1)C2. The van der Waals surface area contributed by atoms with E-state index in [2.05, 4.69) is 24.3 Å². The van der Waals surface area contributed by atoms with Gasteiger partial charge in [0, 0.05) is 12.3 Å². The lowest BCUT2D eigenvalue weighted by Gasteiger charge is -2.47. The third-order valence-corrected chi connectivity index (χ3v) is 5.77. The molecule has 2 aliphatic rings.